The zero-order valence-electron chi connectivity index (χ0n) is 10.3. The third-order valence-electron chi connectivity index (χ3n) is 3.33. The number of rotatable bonds is 2. The summed E-state index contributed by atoms with van der Waals surface area (Å²) < 4.78 is 0.763. The highest BCUT2D eigenvalue weighted by Gasteiger charge is 2.24. The Hall–Kier alpha value is -1.07. The van der Waals surface area contributed by atoms with Crippen molar-refractivity contribution >= 4 is 21.8 Å². The average Bonchev–Trinajstić information content (AvgIpc) is 2.38. The normalized spacial score (nSPS) is 19.6. The molecule has 4 nitrogen and oxygen atoms in total. The number of benzene rings is 1. The maximum absolute atomic E-state index is 12.3. The van der Waals surface area contributed by atoms with Gasteiger partial charge in [-0.25, -0.2) is 0 Å². The van der Waals surface area contributed by atoms with Crippen molar-refractivity contribution in [3.8, 4) is 5.75 Å². The molecule has 1 aromatic carbocycles. The minimum absolute atomic E-state index is 0.0185. The number of likely N-dealkylation sites (N-methyl/N-ethyl adjacent to an activating group) is 1. The van der Waals surface area contributed by atoms with Crippen LogP contribution < -0.4 is 5.32 Å². The first-order valence-electron chi connectivity index (χ1n) is 6.06. The number of carbonyl (C=O) groups excluding carboxylic acids is 1. The van der Waals surface area contributed by atoms with Crippen molar-refractivity contribution in [1.82, 2.24) is 10.2 Å². The van der Waals surface area contributed by atoms with Crippen molar-refractivity contribution in [1.29, 1.82) is 0 Å². The molecule has 1 aliphatic heterocycles. The summed E-state index contributed by atoms with van der Waals surface area (Å²) in [6, 6.07) is 5.16. The van der Waals surface area contributed by atoms with Crippen molar-refractivity contribution in [2.24, 2.45) is 0 Å². The van der Waals surface area contributed by atoms with Gasteiger partial charge in [-0.15, -0.1) is 0 Å². The number of hydrogen-bond donors (Lipinski definition) is 2. The van der Waals surface area contributed by atoms with Gasteiger partial charge in [0.1, 0.15) is 5.75 Å². The molecule has 1 heterocycles. The topological polar surface area (TPSA) is 52.6 Å². The van der Waals surface area contributed by atoms with Gasteiger partial charge in [-0.1, -0.05) is 15.9 Å². The lowest BCUT2D eigenvalue weighted by Crippen LogP contribution is -2.46. The third-order valence-corrected chi connectivity index (χ3v) is 3.82. The fourth-order valence-corrected chi connectivity index (χ4v) is 2.55. The van der Waals surface area contributed by atoms with Crippen LogP contribution in [0.2, 0.25) is 0 Å². The lowest BCUT2D eigenvalue weighted by molar-refractivity contribution is 0.0705. The Labute approximate surface area is 115 Å². The SMILES string of the molecule is CN(C(=O)c1ccc(Br)cc1O)C1CCCNC1. The molecule has 1 unspecified atom stereocenters. The fraction of sp³-hybridized carbons (Fsp3) is 0.462. The summed E-state index contributed by atoms with van der Waals surface area (Å²) in [6.45, 7) is 1.83. The van der Waals surface area contributed by atoms with Crippen LogP contribution in [0.25, 0.3) is 0 Å². The van der Waals surface area contributed by atoms with E-state index in [1.54, 1.807) is 30.1 Å². The van der Waals surface area contributed by atoms with Crippen LogP contribution in [0, 0.1) is 0 Å². The minimum atomic E-state index is -0.131. The number of phenols is 1. The van der Waals surface area contributed by atoms with E-state index in [2.05, 4.69) is 21.2 Å². The minimum Gasteiger partial charge on any atom is -0.507 e. The molecule has 0 bridgehead atoms. The van der Waals surface area contributed by atoms with E-state index in [1.165, 1.54) is 0 Å². The summed E-state index contributed by atoms with van der Waals surface area (Å²) in [4.78, 5) is 14.0. The van der Waals surface area contributed by atoms with Crippen molar-refractivity contribution in [2.75, 3.05) is 20.1 Å². The van der Waals surface area contributed by atoms with E-state index >= 15 is 0 Å². The molecule has 98 valence electrons. The molecule has 0 aromatic heterocycles. The molecular weight excluding hydrogens is 296 g/mol. The zero-order valence-corrected chi connectivity index (χ0v) is 11.9. The predicted molar refractivity (Wildman–Crippen MR) is 73.8 cm³/mol. The number of aromatic hydroxyl groups is 1. The first-order valence-corrected chi connectivity index (χ1v) is 6.85. The molecule has 0 aliphatic carbocycles. The van der Waals surface area contributed by atoms with Gasteiger partial charge in [0.15, 0.2) is 0 Å². The maximum Gasteiger partial charge on any atom is 0.257 e. The van der Waals surface area contributed by atoms with E-state index < -0.39 is 0 Å². The van der Waals surface area contributed by atoms with Crippen LogP contribution in [-0.4, -0.2) is 42.1 Å². The highest BCUT2D eigenvalue weighted by atomic mass is 79.9. The summed E-state index contributed by atoms with van der Waals surface area (Å²) in [7, 11) is 1.79. The van der Waals surface area contributed by atoms with E-state index in [0.29, 0.717) is 5.56 Å². The number of amides is 1. The molecule has 0 spiro atoms. The Bertz CT molecular complexity index is 445. The van der Waals surface area contributed by atoms with Crippen LogP contribution in [0.15, 0.2) is 22.7 Å². The zero-order chi connectivity index (χ0) is 13.1. The molecule has 18 heavy (non-hydrogen) atoms. The van der Waals surface area contributed by atoms with Crippen molar-refractivity contribution < 1.29 is 9.90 Å². The number of halogens is 1. The van der Waals surface area contributed by atoms with E-state index in [1.807, 2.05) is 0 Å². The Morgan fingerprint density at radius 2 is 2.33 bits per heavy atom. The summed E-state index contributed by atoms with van der Waals surface area (Å²) in [6.07, 6.45) is 2.08. The standard InChI is InChI=1S/C13H17BrN2O2/c1-16(10-3-2-6-15-8-10)13(18)11-5-4-9(14)7-12(11)17/h4-5,7,10,15,17H,2-3,6,8H2,1H3. The Morgan fingerprint density at radius 1 is 1.56 bits per heavy atom. The monoisotopic (exact) mass is 312 g/mol. The summed E-state index contributed by atoms with van der Waals surface area (Å²) in [5.41, 5.74) is 0.353. The Morgan fingerprint density at radius 3 is 2.94 bits per heavy atom. The molecule has 0 saturated carbocycles. The fourth-order valence-electron chi connectivity index (χ4n) is 2.21. The first kappa shape index (κ1) is 13.4. The summed E-state index contributed by atoms with van der Waals surface area (Å²) in [5, 5.41) is 13.1. The maximum atomic E-state index is 12.3. The average molecular weight is 313 g/mol. The van der Waals surface area contributed by atoms with Crippen molar-refractivity contribution in [3.05, 3.63) is 28.2 Å². The van der Waals surface area contributed by atoms with E-state index in [9.17, 15) is 9.90 Å². The molecule has 1 aromatic rings. The van der Waals surface area contributed by atoms with Crippen LogP contribution in [0.5, 0.6) is 5.75 Å². The summed E-state index contributed by atoms with van der Waals surface area (Å²) in [5.74, 6) is -0.112. The second kappa shape index (κ2) is 5.71. The lowest BCUT2D eigenvalue weighted by atomic mass is 10.0. The highest BCUT2D eigenvalue weighted by molar-refractivity contribution is 9.10. The quantitative estimate of drug-likeness (QED) is 0.878. The van der Waals surface area contributed by atoms with Crippen LogP contribution in [0.4, 0.5) is 0 Å². The van der Waals surface area contributed by atoms with Gasteiger partial charge in [-0.3, -0.25) is 4.79 Å². The van der Waals surface area contributed by atoms with Crippen LogP contribution in [-0.2, 0) is 0 Å². The van der Waals surface area contributed by atoms with Gasteiger partial charge in [0.2, 0.25) is 0 Å². The Balaban J connectivity index is 2.14. The molecular formula is C13H17BrN2O2. The lowest BCUT2D eigenvalue weighted by Gasteiger charge is -2.31. The number of nitrogens with zero attached hydrogens (tertiary/aromatic N) is 1. The van der Waals surface area contributed by atoms with Crippen LogP contribution in [0.1, 0.15) is 23.2 Å². The number of phenolic OH excluding ortho intramolecular Hbond substituents is 1. The van der Waals surface area contributed by atoms with Gasteiger partial charge < -0.3 is 15.3 Å². The number of piperidine rings is 1. The smallest absolute Gasteiger partial charge is 0.257 e. The molecule has 1 amide bonds. The van der Waals surface area contributed by atoms with E-state index in [0.717, 1.165) is 30.4 Å². The predicted octanol–water partition coefficient (Wildman–Crippen LogP) is 1.98. The Kier molecular flexibility index (Phi) is 4.24. The molecule has 1 saturated heterocycles. The van der Waals surface area contributed by atoms with Crippen molar-refractivity contribution in [2.45, 2.75) is 18.9 Å². The highest BCUT2D eigenvalue weighted by Crippen LogP contribution is 2.24. The van der Waals surface area contributed by atoms with Crippen LogP contribution in [0.3, 0.4) is 0 Å². The molecule has 2 N–H and O–H groups in total. The largest absolute Gasteiger partial charge is 0.507 e. The second-order valence-corrected chi connectivity index (χ2v) is 5.49. The first-order chi connectivity index (χ1) is 8.59. The van der Waals surface area contributed by atoms with Crippen molar-refractivity contribution in [3.63, 3.8) is 0 Å². The molecule has 0 radical (unpaired) electrons. The molecule has 2 rings (SSSR count). The number of carbonyl (C=O) groups is 1. The third kappa shape index (κ3) is 2.84. The van der Waals surface area contributed by atoms with E-state index in [4.69, 9.17) is 0 Å². The number of hydrogen-bond acceptors (Lipinski definition) is 3. The van der Waals surface area contributed by atoms with Gasteiger partial charge in [0.25, 0.3) is 5.91 Å². The van der Waals surface area contributed by atoms with Gasteiger partial charge in [0.05, 0.1) is 5.56 Å². The molecule has 5 heteroatoms. The van der Waals surface area contributed by atoms with Gasteiger partial charge >= 0.3 is 0 Å². The second-order valence-electron chi connectivity index (χ2n) is 4.58. The number of nitrogens with one attached hydrogen (secondary N) is 1. The molecule has 1 aliphatic rings. The molecule has 1 fully saturated rings. The van der Waals surface area contributed by atoms with Gasteiger partial charge in [-0.2, -0.15) is 0 Å². The van der Waals surface area contributed by atoms with Crippen LogP contribution >= 0.6 is 15.9 Å². The van der Waals surface area contributed by atoms with Gasteiger partial charge in [-0.05, 0) is 37.6 Å². The molecule has 1 atom stereocenters. The summed E-state index contributed by atoms with van der Waals surface area (Å²) >= 11 is 3.26. The van der Waals surface area contributed by atoms with E-state index in [-0.39, 0.29) is 17.7 Å². The van der Waals surface area contributed by atoms with Gasteiger partial charge in [0, 0.05) is 24.1 Å².